The number of nitrogens with one attached hydrogen (secondary N) is 1. The van der Waals surface area contributed by atoms with E-state index in [2.05, 4.69) is 42.3 Å². The van der Waals surface area contributed by atoms with E-state index in [4.69, 9.17) is 0 Å². The van der Waals surface area contributed by atoms with Gasteiger partial charge in [-0.25, -0.2) is 0 Å². The Hall–Kier alpha value is -1.35. The summed E-state index contributed by atoms with van der Waals surface area (Å²) in [5.41, 5.74) is 2.45. The quantitative estimate of drug-likeness (QED) is 0.906. The fourth-order valence-corrected chi connectivity index (χ4v) is 4.06. The van der Waals surface area contributed by atoms with E-state index in [0.29, 0.717) is 6.04 Å². The highest BCUT2D eigenvalue weighted by atomic mass is 16.2. The Balaban J connectivity index is 2.05. The molecule has 1 amide bonds. The molecule has 1 aliphatic heterocycles. The SMILES string of the molecule is CNC1C(=O)N(C2CCCC2)CC(C)(C)c2ccccc21. The molecule has 0 spiro atoms. The summed E-state index contributed by atoms with van der Waals surface area (Å²) in [6, 6.07) is 8.64. The minimum absolute atomic E-state index is 0.000440. The molecule has 0 radical (unpaired) electrons. The van der Waals surface area contributed by atoms with Crippen LogP contribution < -0.4 is 5.32 Å². The number of likely N-dealkylation sites (N-methyl/N-ethyl adjacent to an activating group) is 1. The molecular weight excluding hydrogens is 260 g/mol. The highest BCUT2D eigenvalue weighted by molar-refractivity contribution is 5.85. The number of rotatable bonds is 2. The maximum Gasteiger partial charge on any atom is 0.244 e. The minimum Gasteiger partial charge on any atom is -0.337 e. The molecule has 114 valence electrons. The average molecular weight is 286 g/mol. The Morgan fingerprint density at radius 1 is 1.19 bits per heavy atom. The number of nitrogens with zero attached hydrogens (tertiary/aromatic N) is 1. The van der Waals surface area contributed by atoms with Crippen LogP contribution in [0.4, 0.5) is 0 Å². The molecule has 3 heteroatoms. The zero-order chi connectivity index (χ0) is 15.0. The first kappa shape index (κ1) is 14.6. The zero-order valence-electron chi connectivity index (χ0n) is 13.4. The predicted octanol–water partition coefficient (Wildman–Crippen LogP) is 3.01. The van der Waals surface area contributed by atoms with E-state index in [0.717, 1.165) is 24.9 Å². The van der Waals surface area contributed by atoms with Crippen LogP contribution in [-0.4, -0.2) is 30.4 Å². The van der Waals surface area contributed by atoms with E-state index in [9.17, 15) is 4.79 Å². The van der Waals surface area contributed by atoms with Crippen molar-refractivity contribution in [3.63, 3.8) is 0 Å². The number of hydrogen-bond donors (Lipinski definition) is 1. The number of amides is 1. The first-order valence-corrected chi connectivity index (χ1v) is 8.12. The average Bonchev–Trinajstić information content (AvgIpc) is 2.97. The Labute approximate surface area is 127 Å². The van der Waals surface area contributed by atoms with Crippen molar-refractivity contribution >= 4 is 5.91 Å². The molecule has 2 aliphatic rings. The third-order valence-electron chi connectivity index (χ3n) is 5.15. The second-order valence-corrected chi connectivity index (χ2v) is 7.10. The van der Waals surface area contributed by atoms with Crippen LogP contribution in [0.25, 0.3) is 0 Å². The fraction of sp³-hybridized carbons (Fsp3) is 0.611. The van der Waals surface area contributed by atoms with Gasteiger partial charge >= 0.3 is 0 Å². The molecule has 0 bridgehead atoms. The molecule has 1 N–H and O–H groups in total. The van der Waals surface area contributed by atoms with Gasteiger partial charge in [-0.2, -0.15) is 0 Å². The summed E-state index contributed by atoms with van der Waals surface area (Å²) in [6.45, 7) is 5.35. The molecule has 0 aromatic heterocycles. The molecule has 0 saturated heterocycles. The number of benzene rings is 1. The summed E-state index contributed by atoms with van der Waals surface area (Å²) in [5.74, 6) is 0.252. The molecule has 1 unspecified atom stereocenters. The van der Waals surface area contributed by atoms with Crippen LogP contribution in [0.2, 0.25) is 0 Å². The Morgan fingerprint density at radius 3 is 2.52 bits per heavy atom. The fourth-order valence-electron chi connectivity index (χ4n) is 4.06. The van der Waals surface area contributed by atoms with Gasteiger partial charge < -0.3 is 10.2 Å². The topological polar surface area (TPSA) is 32.3 Å². The number of hydrogen-bond acceptors (Lipinski definition) is 2. The first-order chi connectivity index (χ1) is 10.0. The third kappa shape index (κ3) is 2.48. The van der Waals surface area contributed by atoms with Crippen molar-refractivity contribution in [3.05, 3.63) is 35.4 Å². The molecule has 1 heterocycles. The maximum atomic E-state index is 13.1. The van der Waals surface area contributed by atoms with Crippen LogP contribution in [0.5, 0.6) is 0 Å². The second kappa shape index (κ2) is 5.45. The zero-order valence-corrected chi connectivity index (χ0v) is 13.4. The summed E-state index contributed by atoms with van der Waals surface area (Å²) >= 11 is 0. The van der Waals surface area contributed by atoms with Gasteiger partial charge in [-0.3, -0.25) is 4.79 Å². The van der Waals surface area contributed by atoms with Gasteiger partial charge in [0.25, 0.3) is 0 Å². The van der Waals surface area contributed by atoms with Crippen LogP contribution in [0.3, 0.4) is 0 Å². The minimum atomic E-state index is -0.205. The van der Waals surface area contributed by atoms with Gasteiger partial charge in [0.2, 0.25) is 5.91 Å². The molecule has 1 aliphatic carbocycles. The Morgan fingerprint density at radius 2 is 1.86 bits per heavy atom. The van der Waals surface area contributed by atoms with Gasteiger partial charge in [0.15, 0.2) is 0 Å². The molecule has 1 fully saturated rings. The summed E-state index contributed by atoms with van der Waals surface area (Å²) in [7, 11) is 1.89. The highest BCUT2D eigenvalue weighted by Gasteiger charge is 2.40. The molecule has 21 heavy (non-hydrogen) atoms. The summed E-state index contributed by atoms with van der Waals surface area (Å²) in [4.78, 5) is 15.2. The monoisotopic (exact) mass is 286 g/mol. The summed E-state index contributed by atoms with van der Waals surface area (Å²) in [6.07, 6.45) is 4.83. The van der Waals surface area contributed by atoms with Crippen LogP contribution >= 0.6 is 0 Å². The molecular formula is C18H26N2O. The van der Waals surface area contributed by atoms with Crippen molar-refractivity contribution in [3.8, 4) is 0 Å². The van der Waals surface area contributed by atoms with E-state index in [1.807, 2.05) is 13.1 Å². The molecule has 1 saturated carbocycles. The molecule has 3 rings (SSSR count). The predicted molar refractivity (Wildman–Crippen MR) is 85.2 cm³/mol. The van der Waals surface area contributed by atoms with E-state index < -0.39 is 0 Å². The number of fused-ring (bicyclic) bond motifs is 1. The van der Waals surface area contributed by atoms with Crippen LogP contribution in [0, 0.1) is 0 Å². The van der Waals surface area contributed by atoms with Crippen LogP contribution in [0.1, 0.15) is 56.7 Å². The summed E-state index contributed by atoms with van der Waals surface area (Å²) < 4.78 is 0. The van der Waals surface area contributed by atoms with Gasteiger partial charge in [-0.1, -0.05) is 51.0 Å². The van der Waals surface area contributed by atoms with Crippen molar-refractivity contribution in [1.82, 2.24) is 10.2 Å². The molecule has 1 atom stereocenters. The molecule has 1 aromatic carbocycles. The normalized spacial score (nSPS) is 25.8. The van der Waals surface area contributed by atoms with Crippen molar-refractivity contribution in [2.75, 3.05) is 13.6 Å². The van der Waals surface area contributed by atoms with Crippen molar-refractivity contribution in [2.24, 2.45) is 0 Å². The summed E-state index contributed by atoms with van der Waals surface area (Å²) in [5, 5.41) is 3.25. The van der Waals surface area contributed by atoms with Crippen molar-refractivity contribution in [2.45, 2.75) is 57.0 Å². The Kier molecular flexibility index (Phi) is 3.78. The maximum absolute atomic E-state index is 13.1. The van der Waals surface area contributed by atoms with Gasteiger partial charge in [-0.15, -0.1) is 0 Å². The van der Waals surface area contributed by atoms with Crippen molar-refractivity contribution < 1.29 is 4.79 Å². The van der Waals surface area contributed by atoms with Crippen molar-refractivity contribution in [1.29, 1.82) is 0 Å². The number of carbonyl (C=O) groups excluding carboxylic acids is 1. The van der Waals surface area contributed by atoms with E-state index in [1.165, 1.54) is 18.4 Å². The van der Waals surface area contributed by atoms with Gasteiger partial charge in [0.05, 0.1) is 0 Å². The van der Waals surface area contributed by atoms with E-state index in [-0.39, 0.29) is 17.4 Å². The van der Waals surface area contributed by atoms with Gasteiger partial charge in [0.1, 0.15) is 6.04 Å². The first-order valence-electron chi connectivity index (χ1n) is 8.12. The Bertz CT molecular complexity index is 532. The van der Waals surface area contributed by atoms with E-state index in [1.54, 1.807) is 0 Å². The van der Waals surface area contributed by atoms with Gasteiger partial charge in [0, 0.05) is 18.0 Å². The smallest absolute Gasteiger partial charge is 0.244 e. The highest BCUT2D eigenvalue weighted by Crippen LogP contribution is 2.38. The third-order valence-corrected chi connectivity index (χ3v) is 5.15. The standard InChI is InChI=1S/C18H26N2O/c1-18(2)12-20(13-8-4-5-9-13)17(21)16(19-3)14-10-6-7-11-15(14)18/h6-7,10-11,13,16,19H,4-5,8-9,12H2,1-3H3. The second-order valence-electron chi connectivity index (χ2n) is 7.10. The molecule has 1 aromatic rings. The molecule has 3 nitrogen and oxygen atoms in total. The van der Waals surface area contributed by atoms with E-state index >= 15 is 0 Å². The number of carbonyl (C=O) groups is 1. The van der Waals surface area contributed by atoms with Gasteiger partial charge in [-0.05, 0) is 31.0 Å². The lowest BCUT2D eigenvalue weighted by Gasteiger charge is -2.35. The lowest BCUT2D eigenvalue weighted by atomic mass is 9.81. The van der Waals surface area contributed by atoms with Crippen LogP contribution in [0.15, 0.2) is 24.3 Å². The van der Waals surface area contributed by atoms with Crippen LogP contribution in [-0.2, 0) is 10.2 Å². The lowest BCUT2D eigenvalue weighted by molar-refractivity contribution is -0.136. The lowest BCUT2D eigenvalue weighted by Crippen LogP contribution is -2.47. The largest absolute Gasteiger partial charge is 0.337 e.